The van der Waals surface area contributed by atoms with Crippen molar-refractivity contribution in [1.82, 2.24) is 20.2 Å². The van der Waals surface area contributed by atoms with Crippen LogP contribution in [0, 0.1) is 5.92 Å². The topological polar surface area (TPSA) is 91.6 Å². The zero-order chi connectivity index (χ0) is 26.5. The molecule has 0 aliphatic heterocycles. The molecule has 1 aliphatic rings. The summed E-state index contributed by atoms with van der Waals surface area (Å²) >= 11 is 0. The normalized spacial score (nSPS) is 13.6. The molecule has 0 N–H and O–H groups in total. The number of anilines is 2. The number of nitrogens with zero attached hydrogens (tertiary/aromatic N) is 5. The van der Waals surface area contributed by atoms with Crippen LogP contribution in [0.4, 0.5) is 11.6 Å². The van der Waals surface area contributed by atoms with Gasteiger partial charge in [0, 0.05) is 18.1 Å². The Morgan fingerprint density at radius 3 is 2.00 bits per heavy atom. The molecule has 37 heavy (non-hydrogen) atoms. The van der Waals surface area contributed by atoms with Gasteiger partial charge in [-0.05, 0) is 24.5 Å². The zero-order valence-electron chi connectivity index (χ0n) is 23.2. The maximum Gasteiger partial charge on any atom is 0.277 e. The molecule has 0 spiro atoms. The fourth-order valence-electron chi connectivity index (χ4n) is 5.03. The number of aromatic nitrogens is 4. The number of unbranched alkanes of at least 4 members (excludes halogenated alkanes) is 9. The third kappa shape index (κ3) is 8.07. The van der Waals surface area contributed by atoms with Crippen LogP contribution >= 0.6 is 0 Å². The van der Waals surface area contributed by atoms with Crippen LogP contribution in [-0.4, -0.2) is 47.4 Å². The molecule has 2 aromatic rings. The van der Waals surface area contributed by atoms with E-state index in [1.165, 1.54) is 56.3 Å². The van der Waals surface area contributed by atoms with E-state index < -0.39 is 0 Å². The summed E-state index contributed by atoms with van der Waals surface area (Å²) in [5.41, 5.74) is 0.473. The van der Waals surface area contributed by atoms with Crippen molar-refractivity contribution in [1.29, 1.82) is 0 Å². The number of amides is 1. The Labute approximate surface area is 221 Å². The molecule has 0 bridgehead atoms. The second-order valence-corrected chi connectivity index (χ2v) is 9.90. The van der Waals surface area contributed by atoms with Crippen LogP contribution in [0.3, 0.4) is 0 Å². The van der Waals surface area contributed by atoms with Gasteiger partial charge in [0.15, 0.2) is 11.5 Å². The Morgan fingerprint density at radius 2 is 1.46 bits per heavy atom. The summed E-state index contributed by atoms with van der Waals surface area (Å²) in [4.78, 5) is 16.9. The van der Waals surface area contributed by atoms with E-state index in [0.29, 0.717) is 29.5 Å². The van der Waals surface area contributed by atoms with Crippen molar-refractivity contribution in [2.75, 3.05) is 26.2 Å². The Morgan fingerprint density at radius 1 is 0.892 bits per heavy atom. The summed E-state index contributed by atoms with van der Waals surface area (Å²) in [5.74, 6) is 1.57. The number of rotatable bonds is 17. The molecule has 3 rings (SSSR count). The highest BCUT2D eigenvalue weighted by Crippen LogP contribution is 2.45. The SMILES string of the molecule is CCCCCCCCCCCCn1nnc(N(C(=O)C2CCCC2)c2c(OC)cc(OC)cc2OC)n1. The van der Waals surface area contributed by atoms with Crippen LogP contribution in [0.25, 0.3) is 0 Å². The Kier molecular flexibility index (Phi) is 12.0. The molecule has 0 unspecified atom stereocenters. The number of ether oxygens (including phenoxy) is 3. The van der Waals surface area contributed by atoms with Gasteiger partial charge >= 0.3 is 0 Å². The van der Waals surface area contributed by atoms with Gasteiger partial charge < -0.3 is 14.2 Å². The summed E-state index contributed by atoms with van der Waals surface area (Å²) in [7, 11) is 4.70. The van der Waals surface area contributed by atoms with Crippen LogP contribution in [0.1, 0.15) is 96.8 Å². The number of carbonyl (C=O) groups excluding carboxylic acids is 1. The van der Waals surface area contributed by atoms with Crippen molar-refractivity contribution < 1.29 is 19.0 Å². The van der Waals surface area contributed by atoms with Crippen molar-refractivity contribution in [2.24, 2.45) is 5.92 Å². The molecule has 0 radical (unpaired) electrons. The van der Waals surface area contributed by atoms with Gasteiger partial charge in [0.2, 0.25) is 5.91 Å². The second-order valence-electron chi connectivity index (χ2n) is 9.90. The van der Waals surface area contributed by atoms with E-state index in [1.807, 2.05) is 0 Å². The van der Waals surface area contributed by atoms with Crippen LogP contribution in [0.15, 0.2) is 12.1 Å². The van der Waals surface area contributed by atoms with E-state index in [-0.39, 0.29) is 17.8 Å². The van der Waals surface area contributed by atoms with Gasteiger partial charge in [-0.15, -0.1) is 5.10 Å². The molecule has 0 atom stereocenters. The molecular formula is C28H45N5O4. The molecule has 206 valence electrons. The van der Waals surface area contributed by atoms with Gasteiger partial charge in [0.05, 0.1) is 27.9 Å². The van der Waals surface area contributed by atoms with Crippen LogP contribution in [0.5, 0.6) is 17.2 Å². The first-order valence-corrected chi connectivity index (χ1v) is 14.0. The largest absolute Gasteiger partial charge is 0.496 e. The molecule has 1 amide bonds. The summed E-state index contributed by atoms with van der Waals surface area (Å²) in [6.07, 6.45) is 16.5. The van der Waals surface area contributed by atoms with Gasteiger partial charge in [-0.2, -0.15) is 4.80 Å². The molecule has 1 heterocycles. The summed E-state index contributed by atoms with van der Waals surface area (Å²) in [6, 6.07) is 3.47. The van der Waals surface area contributed by atoms with Crippen molar-refractivity contribution in [3.63, 3.8) is 0 Å². The minimum Gasteiger partial charge on any atom is -0.496 e. The number of carbonyl (C=O) groups is 1. The molecular weight excluding hydrogens is 470 g/mol. The highest BCUT2D eigenvalue weighted by Gasteiger charge is 2.35. The van der Waals surface area contributed by atoms with Crippen LogP contribution in [0.2, 0.25) is 0 Å². The molecule has 1 fully saturated rings. The van der Waals surface area contributed by atoms with Gasteiger partial charge in [0.1, 0.15) is 11.4 Å². The second kappa shape index (κ2) is 15.4. The number of tetrazole rings is 1. The quantitative estimate of drug-likeness (QED) is 0.223. The third-order valence-electron chi connectivity index (χ3n) is 7.19. The first-order valence-electron chi connectivity index (χ1n) is 14.0. The minimum absolute atomic E-state index is 0.0576. The van der Waals surface area contributed by atoms with E-state index in [2.05, 4.69) is 22.3 Å². The molecule has 9 nitrogen and oxygen atoms in total. The average Bonchev–Trinajstić information content (AvgIpc) is 3.62. The maximum absolute atomic E-state index is 13.8. The van der Waals surface area contributed by atoms with E-state index >= 15 is 0 Å². The van der Waals surface area contributed by atoms with Crippen LogP contribution < -0.4 is 19.1 Å². The maximum atomic E-state index is 13.8. The fourth-order valence-corrected chi connectivity index (χ4v) is 5.03. The minimum atomic E-state index is -0.0922. The molecule has 1 aromatic heterocycles. The summed E-state index contributed by atoms with van der Waals surface area (Å²) < 4.78 is 16.7. The lowest BCUT2D eigenvalue weighted by atomic mass is 10.1. The highest BCUT2D eigenvalue weighted by atomic mass is 16.5. The van der Waals surface area contributed by atoms with E-state index in [4.69, 9.17) is 14.2 Å². The van der Waals surface area contributed by atoms with Crippen molar-refractivity contribution in [2.45, 2.75) is 103 Å². The van der Waals surface area contributed by atoms with Gasteiger partial charge in [-0.25, -0.2) is 4.90 Å². The Bertz CT molecular complexity index is 933. The number of benzene rings is 1. The average molecular weight is 516 g/mol. The predicted molar refractivity (Wildman–Crippen MR) is 145 cm³/mol. The molecule has 0 saturated heterocycles. The highest BCUT2D eigenvalue weighted by molar-refractivity contribution is 6.03. The van der Waals surface area contributed by atoms with Gasteiger partial charge in [-0.3, -0.25) is 4.79 Å². The number of hydrogen-bond acceptors (Lipinski definition) is 7. The predicted octanol–water partition coefficient (Wildman–Crippen LogP) is 6.47. The van der Waals surface area contributed by atoms with Gasteiger partial charge in [-0.1, -0.05) is 82.7 Å². The molecule has 9 heteroatoms. The van der Waals surface area contributed by atoms with Crippen molar-refractivity contribution in [3.05, 3.63) is 12.1 Å². The van der Waals surface area contributed by atoms with Crippen molar-refractivity contribution in [3.8, 4) is 17.2 Å². The first kappa shape index (κ1) is 28.7. The summed E-state index contributed by atoms with van der Waals surface area (Å²) in [6.45, 7) is 2.93. The number of hydrogen-bond donors (Lipinski definition) is 0. The monoisotopic (exact) mass is 515 g/mol. The summed E-state index contributed by atoms with van der Waals surface area (Å²) in [5, 5.41) is 13.2. The lowest BCUT2D eigenvalue weighted by Gasteiger charge is -2.26. The number of methoxy groups -OCH3 is 3. The standard InChI is InChI=1S/C28H45N5O4/c1-5-6-7-8-9-10-11-12-13-16-19-32-30-28(29-31-32)33(27(34)22-17-14-15-18-22)26-24(36-3)20-23(35-2)21-25(26)37-4/h20-22H,5-19H2,1-4H3. The lowest BCUT2D eigenvalue weighted by molar-refractivity contribution is -0.121. The van der Waals surface area contributed by atoms with Crippen molar-refractivity contribution >= 4 is 17.5 Å². The van der Waals surface area contributed by atoms with Gasteiger partial charge in [0.25, 0.3) is 5.95 Å². The molecule has 1 aromatic carbocycles. The smallest absolute Gasteiger partial charge is 0.277 e. The van der Waals surface area contributed by atoms with E-state index in [9.17, 15) is 4.79 Å². The first-order chi connectivity index (χ1) is 18.1. The van der Waals surface area contributed by atoms with Crippen LogP contribution in [-0.2, 0) is 11.3 Å². The van der Waals surface area contributed by atoms with E-state index in [0.717, 1.165) is 38.5 Å². The Balaban J connectivity index is 1.68. The number of aryl methyl sites for hydroxylation is 1. The molecule has 1 saturated carbocycles. The third-order valence-corrected chi connectivity index (χ3v) is 7.19. The fraction of sp³-hybridized carbons (Fsp3) is 0.714. The van der Waals surface area contributed by atoms with E-state index in [1.54, 1.807) is 38.3 Å². The zero-order valence-corrected chi connectivity index (χ0v) is 23.2. The Hall–Kier alpha value is -2.84. The molecule has 1 aliphatic carbocycles. The lowest BCUT2D eigenvalue weighted by Crippen LogP contribution is -2.33.